The fourth-order valence-corrected chi connectivity index (χ4v) is 3.88. The molecule has 0 radical (unpaired) electrons. The molecule has 0 aromatic carbocycles. The molecule has 0 saturated carbocycles. The minimum atomic E-state index is 0.511. The summed E-state index contributed by atoms with van der Waals surface area (Å²) >= 11 is 2.00. The van der Waals surface area contributed by atoms with Gasteiger partial charge in [0.1, 0.15) is 0 Å². The van der Waals surface area contributed by atoms with Crippen molar-refractivity contribution in [2.75, 3.05) is 64.4 Å². The molecule has 5 nitrogen and oxygen atoms in total. The van der Waals surface area contributed by atoms with Crippen LogP contribution in [0.5, 0.6) is 0 Å². The smallest absolute Gasteiger partial charge is 0.191 e. The van der Waals surface area contributed by atoms with E-state index < -0.39 is 0 Å². The van der Waals surface area contributed by atoms with Gasteiger partial charge < -0.3 is 15.5 Å². The highest BCUT2D eigenvalue weighted by atomic mass is 32.2. The molecule has 122 valence electrons. The van der Waals surface area contributed by atoms with E-state index in [4.69, 9.17) is 10.7 Å². The maximum Gasteiger partial charge on any atom is 0.191 e. The molecule has 2 aliphatic heterocycles. The minimum absolute atomic E-state index is 0.511. The molecule has 1 unspecified atom stereocenters. The summed E-state index contributed by atoms with van der Waals surface area (Å²) in [6, 6.07) is 0.511. The van der Waals surface area contributed by atoms with Crippen LogP contribution in [0.25, 0.3) is 0 Å². The zero-order chi connectivity index (χ0) is 15.2. The third-order valence-corrected chi connectivity index (χ3v) is 5.49. The van der Waals surface area contributed by atoms with Crippen molar-refractivity contribution in [1.82, 2.24) is 14.7 Å². The van der Waals surface area contributed by atoms with Gasteiger partial charge in [-0.2, -0.15) is 11.8 Å². The van der Waals surface area contributed by atoms with E-state index in [0.717, 1.165) is 51.8 Å². The van der Waals surface area contributed by atoms with E-state index in [1.807, 2.05) is 11.8 Å². The number of likely N-dealkylation sites (N-methyl/N-ethyl adjacent to an activating group) is 1. The van der Waals surface area contributed by atoms with E-state index in [1.54, 1.807) is 0 Å². The summed E-state index contributed by atoms with van der Waals surface area (Å²) in [6.07, 6.45) is 0. The molecule has 2 N–H and O–H groups in total. The van der Waals surface area contributed by atoms with E-state index in [-0.39, 0.29) is 0 Å². The topological polar surface area (TPSA) is 48.1 Å². The predicted molar refractivity (Wildman–Crippen MR) is 93.1 cm³/mol. The van der Waals surface area contributed by atoms with Crippen LogP contribution < -0.4 is 5.73 Å². The third kappa shape index (κ3) is 5.04. The Balaban J connectivity index is 1.89. The molecule has 0 amide bonds. The maximum absolute atomic E-state index is 6.19. The van der Waals surface area contributed by atoms with Crippen molar-refractivity contribution in [2.24, 2.45) is 16.6 Å². The number of thioether (sulfide) groups is 1. The van der Waals surface area contributed by atoms with E-state index in [2.05, 4.69) is 35.6 Å². The quantitative estimate of drug-likeness (QED) is 0.609. The van der Waals surface area contributed by atoms with Crippen LogP contribution in [0.2, 0.25) is 0 Å². The number of piperazine rings is 1. The second kappa shape index (κ2) is 8.25. The number of hydrogen-bond acceptors (Lipinski definition) is 4. The number of aliphatic imine (C=N–C) groups is 1. The molecule has 21 heavy (non-hydrogen) atoms. The summed E-state index contributed by atoms with van der Waals surface area (Å²) in [5, 5.41) is 0. The summed E-state index contributed by atoms with van der Waals surface area (Å²) < 4.78 is 0. The lowest BCUT2D eigenvalue weighted by molar-refractivity contribution is 0.0924. The van der Waals surface area contributed by atoms with E-state index in [0.29, 0.717) is 12.0 Å². The van der Waals surface area contributed by atoms with Gasteiger partial charge in [-0.1, -0.05) is 13.8 Å². The van der Waals surface area contributed by atoms with Gasteiger partial charge in [-0.3, -0.25) is 9.89 Å². The Morgan fingerprint density at radius 3 is 2.29 bits per heavy atom. The van der Waals surface area contributed by atoms with Gasteiger partial charge in [0.25, 0.3) is 0 Å². The first-order chi connectivity index (χ1) is 10.1. The summed E-state index contributed by atoms with van der Waals surface area (Å²) in [6.45, 7) is 12.1. The molecule has 0 aromatic heterocycles. The Bertz CT molecular complexity index is 333. The van der Waals surface area contributed by atoms with E-state index in [1.165, 1.54) is 11.5 Å². The Morgan fingerprint density at radius 1 is 1.10 bits per heavy atom. The lowest BCUT2D eigenvalue weighted by atomic mass is 10.0. The summed E-state index contributed by atoms with van der Waals surface area (Å²) in [4.78, 5) is 11.9. The SMILES string of the molecule is CC(C)C(CN=C(N)N1CCSCC1)N1CCN(C)CC1. The normalized spacial score (nSPS) is 24.6. The Hall–Kier alpha value is -0.460. The largest absolute Gasteiger partial charge is 0.370 e. The first-order valence-electron chi connectivity index (χ1n) is 8.13. The summed E-state index contributed by atoms with van der Waals surface area (Å²) in [5.41, 5.74) is 6.19. The van der Waals surface area contributed by atoms with Crippen molar-refractivity contribution in [3.8, 4) is 0 Å². The Morgan fingerprint density at radius 2 is 1.71 bits per heavy atom. The average Bonchev–Trinajstić information content (AvgIpc) is 2.49. The molecular weight excluding hydrogens is 282 g/mol. The van der Waals surface area contributed by atoms with Gasteiger partial charge in [-0.05, 0) is 13.0 Å². The van der Waals surface area contributed by atoms with Crippen molar-refractivity contribution < 1.29 is 0 Å². The van der Waals surface area contributed by atoms with Gasteiger partial charge in [0.15, 0.2) is 5.96 Å². The first kappa shape index (κ1) is 16.9. The monoisotopic (exact) mass is 313 g/mol. The van der Waals surface area contributed by atoms with Crippen molar-refractivity contribution in [3.05, 3.63) is 0 Å². The highest BCUT2D eigenvalue weighted by molar-refractivity contribution is 7.99. The number of rotatable bonds is 4. The standard InChI is InChI=1S/C15H31N5S/c1-13(2)14(19-6-4-18(3)5-7-19)12-17-15(16)20-8-10-21-11-9-20/h13-14H,4-12H2,1-3H3,(H2,16,17). The predicted octanol–water partition coefficient (Wildman–Crippen LogP) is 0.622. The van der Waals surface area contributed by atoms with E-state index >= 15 is 0 Å². The van der Waals surface area contributed by atoms with Crippen LogP contribution in [-0.2, 0) is 0 Å². The molecule has 2 fully saturated rings. The molecule has 0 spiro atoms. The van der Waals surface area contributed by atoms with Crippen molar-refractivity contribution in [1.29, 1.82) is 0 Å². The van der Waals surface area contributed by atoms with Crippen LogP contribution in [0.4, 0.5) is 0 Å². The molecule has 2 rings (SSSR count). The number of nitrogens with zero attached hydrogens (tertiary/aromatic N) is 4. The van der Waals surface area contributed by atoms with Gasteiger partial charge >= 0.3 is 0 Å². The minimum Gasteiger partial charge on any atom is -0.370 e. The first-order valence-corrected chi connectivity index (χ1v) is 9.28. The van der Waals surface area contributed by atoms with Gasteiger partial charge in [-0.15, -0.1) is 0 Å². The molecule has 2 heterocycles. The highest BCUT2D eigenvalue weighted by Crippen LogP contribution is 2.14. The van der Waals surface area contributed by atoms with Crippen LogP contribution in [0.1, 0.15) is 13.8 Å². The van der Waals surface area contributed by atoms with Gasteiger partial charge in [-0.25, -0.2) is 0 Å². The molecule has 0 aliphatic carbocycles. The van der Waals surface area contributed by atoms with Crippen LogP contribution in [0, 0.1) is 5.92 Å². The molecule has 2 saturated heterocycles. The van der Waals surface area contributed by atoms with Crippen molar-refractivity contribution in [2.45, 2.75) is 19.9 Å². The highest BCUT2D eigenvalue weighted by Gasteiger charge is 2.25. The van der Waals surface area contributed by atoms with Crippen LogP contribution >= 0.6 is 11.8 Å². The van der Waals surface area contributed by atoms with Gasteiger partial charge in [0.05, 0.1) is 6.54 Å². The van der Waals surface area contributed by atoms with Crippen LogP contribution in [0.15, 0.2) is 4.99 Å². The van der Waals surface area contributed by atoms with Gasteiger partial charge in [0.2, 0.25) is 0 Å². The fourth-order valence-electron chi connectivity index (χ4n) is 2.98. The molecule has 0 bridgehead atoms. The van der Waals surface area contributed by atoms with Crippen LogP contribution in [0.3, 0.4) is 0 Å². The Kier molecular flexibility index (Phi) is 6.64. The van der Waals surface area contributed by atoms with E-state index in [9.17, 15) is 0 Å². The van der Waals surface area contributed by atoms with Crippen molar-refractivity contribution in [3.63, 3.8) is 0 Å². The second-order valence-corrected chi connectivity index (χ2v) is 7.67. The average molecular weight is 314 g/mol. The molecule has 0 aromatic rings. The molecular formula is C15H31N5S. The number of hydrogen-bond donors (Lipinski definition) is 1. The van der Waals surface area contributed by atoms with Crippen molar-refractivity contribution >= 4 is 17.7 Å². The third-order valence-electron chi connectivity index (χ3n) is 4.55. The molecule has 1 atom stereocenters. The van der Waals surface area contributed by atoms with Gasteiger partial charge in [0, 0.05) is 56.8 Å². The summed E-state index contributed by atoms with van der Waals surface area (Å²) in [5.74, 6) is 3.70. The lowest BCUT2D eigenvalue weighted by Crippen LogP contribution is -2.52. The second-order valence-electron chi connectivity index (χ2n) is 6.45. The fraction of sp³-hybridized carbons (Fsp3) is 0.933. The number of guanidine groups is 1. The zero-order valence-corrected chi connectivity index (χ0v) is 14.6. The number of nitrogens with two attached hydrogens (primary N) is 1. The molecule has 2 aliphatic rings. The Labute approximate surface area is 133 Å². The molecule has 6 heteroatoms. The maximum atomic E-state index is 6.19. The van der Waals surface area contributed by atoms with Crippen LogP contribution in [-0.4, -0.2) is 91.1 Å². The zero-order valence-electron chi connectivity index (χ0n) is 13.8. The lowest BCUT2D eigenvalue weighted by Gasteiger charge is -2.39. The summed E-state index contributed by atoms with van der Waals surface area (Å²) in [7, 11) is 2.20.